The van der Waals surface area contributed by atoms with Crippen molar-refractivity contribution < 1.29 is 27.8 Å². The molecule has 10 nitrogen and oxygen atoms in total. The minimum Gasteiger partial charge on any atom is -0.495 e. The smallest absolute Gasteiger partial charge is 0.318 e. The number of halogens is 1. The van der Waals surface area contributed by atoms with E-state index in [1.165, 1.54) is 0 Å². The number of benzene rings is 2. The number of hydrogen-bond acceptors (Lipinski definition) is 7. The average molecular weight is 636 g/mol. The second-order valence-corrected chi connectivity index (χ2v) is 13.3. The van der Waals surface area contributed by atoms with E-state index < -0.39 is 21.5 Å². The highest BCUT2D eigenvalue weighted by molar-refractivity contribution is 9.10. The van der Waals surface area contributed by atoms with Crippen LogP contribution in [0, 0.1) is 12.8 Å². The molecule has 2 aromatic rings. The third-order valence-corrected chi connectivity index (χ3v) is 10.4. The van der Waals surface area contributed by atoms with Gasteiger partial charge >= 0.3 is 6.03 Å². The van der Waals surface area contributed by atoms with E-state index in [0.29, 0.717) is 54.0 Å². The molecule has 1 fully saturated rings. The first kappa shape index (κ1) is 28.7. The molecule has 1 spiro atoms. The van der Waals surface area contributed by atoms with E-state index in [4.69, 9.17) is 9.47 Å². The quantitative estimate of drug-likeness (QED) is 0.414. The highest BCUT2D eigenvalue weighted by Crippen LogP contribution is 2.60. The van der Waals surface area contributed by atoms with Crippen molar-refractivity contribution in [2.45, 2.75) is 69.0 Å². The Morgan fingerprint density at radius 2 is 2.02 bits per heavy atom. The van der Waals surface area contributed by atoms with E-state index in [9.17, 15) is 18.3 Å². The lowest BCUT2D eigenvalue weighted by Crippen LogP contribution is -2.54. The molecule has 1 saturated carbocycles. The molecule has 4 atom stereocenters. The van der Waals surface area contributed by atoms with Gasteiger partial charge in [-0.05, 0) is 72.3 Å². The van der Waals surface area contributed by atoms with Crippen molar-refractivity contribution in [3.8, 4) is 11.5 Å². The van der Waals surface area contributed by atoms with Gasteiger partial charge in [0.2, 0.25) is 0 Å². The number of rotatable bonds is 6. The molecule has 3 N–H and O–H groups in total. The van der Waals surface area contributed by atoms with E-state index in [-0.39, 0.29) is 29.6 Å². The molecule has 2 aromatic carbocycles. The zero-order valence-electron chi connectivity index (χ0n) is 23.0. The van der Waals surface area contributed by atoms with E-state index in [1.54, 1.807) is 36.3 Å². The number of aryl methyl sites for hydroxylation is 1. The number of hydrazone groups is 1. The number of nitrogens with one attached hydrogen (secondary N) is 2. The molecule has 0 aromatic heterocycles. The molecule has 2 aliphatic heterocycles. The number of hydrogen-bond donors (Lipinski definition) is 3. The zero-order valence-corrected chi connectivity index (χ0v) is 25.4. The van der Waals surface area contributed by atoms with Gasteiger partial charge in [-0.15, -0.1) is 0 Å². The maximum Gasteiger partial charge on any atom is 0.318 e. The molecule has 0 saturated heterocycles. The van der Waals surface area contributed by atoms with Crippen LogP contribution in [-0.2, 0) is 22.0 Å². The highest BCUT2D eigenvalue weighted by atomic mass is 79.9. The summed E-state index contributed by atoms with van der Waals surface area (Å²) in [4.78, 5) is 17.4. The van der Waals surface area contributed by atoms with Crippen molar-refractivity contribution in [3.05, 3.63) is 51.5 Å². The number of amides is 2. The average Bonchev–Trinajstić information content (AvgIpc) is 3.18. The predicted octanol–water partition coefficient (Wildman–Crippen LogP) is 3.83. The number of aliphatic hydroxyl groups is 1. The van der Waals surface area contributed by atoms with E-state index >= 15 is 0 Å². The molecular weight excluding hydrogens is 600 g/mol. The fraction of sp³-hybridized carbons (Fsp3) is 0.500. The van der Waals surface area contributed by atoms with Crippen molar-refractivity contribution in [1.29, 1.82) is 0 Å². The van der Waals surface area contributed by atoms with Crippen LogP contribution in [0.5, 0.6) is 11.5 Å². The lowest BCUT2D eigenvalue weighted by Gasteiger charge is -2.45. The van der Waals surface area contributed by atoms with Gasteiger partial charge < -0.3 is 24.8 Å². The van der Waals surface area contributed by atoms with Gasteiger partial charge in [0.05, 0.1) is 24.7 Å². The van der Waals surface area contributed by atoms with E-state index in [1.807, 2.05) is 19.9 Å². The lowest BCUT2D eigenvalue weighted by atomic mass is 9.59. The zero-order chi connectivity index (χ0) is 28.8. The van der Waals surface area contributed by atoms with Crippen LogP contribution < -0.4 is 19.6 Å². The molecule has 3 aliphatic rings. The summed E-state index contributed by atoms with van der Waals surface area (Å²) in [5.41, 5.74) is 3.05. The molecule has 1 aliphatic carbocycles. The first-order valence-electron chi connectivity index (χ1n) is 13.4. The van der Waals surface area contributed by atoms with Crippen molar-refractivity contribution in [1.82, 2.24) is 15.0 Å². The Morgan fingerprint density at radius 1 is 1.30 bits per heavy atom. The summed E-state index contributed by atoms with van der Waals surface area (Å²) in [6, 6.07) is 7.86. The number of carbonyl (C=O) groups is 1. The molecule has 216 valence electrons. The molecule has 2 amide bonds. The van der Waals surface area contributed by atoms with Crippen LogP contribution in [0.15, 0.2) is 44.8 Å². The second-order valence-electron chi connectivity index (χ2n) is 10.8. The van der Waals surface area contributed by atoms with Crippen LogP contribution in [0.4, 0.5) is 4.79 Å². The fourth-order valence-electron chi connectivity index (χ4n) is 6.47. The number of aliphatic hydroxyl groups excluding tert-OH is 1. The standard InChI is InChI=1S/C28H35BrN4O6S/c1-5-30-27(35)33-14-18-11-22(38-4)25(29)26-24(18)28(13-20(33)15-34)17(3)10-19(12-23(28)39-26)31-32-40(36,37)21-8-6-16(2)7-9-21/h6-9,11,17,20,23,32,34H,5,10,12-15H2,1-4H3,(H,30,35)/b31-19+/t17-,20+,23-,28+/m1/s1. The fourth-order valence-corrected chi connectivity index (χ4v) is 7.89. The summed E-state index contributed by atoms with van der Waals surface area (Å²) >= 11 is 3.67. The summed E-state index contributed by atoms with van der Waals surface area (Å²) in [5.74, 6) is 1.23. The van der Waals surface area contributed by atoms with Gasteiger partial charge in [0, 0.05) is 36.2 Å². The minimum atomic E-state index is -3.83. The van der Waals surface area contributed by atoms with Gasteiger partial charge in [0.1, 0.15) is 22.1 Å². The van der Waals surface area contributed by atoms with Crippen LogP contribution in [0.2, 0.25) is 0 Å². The number of ether oxygens (including phenoxy) is 2. The molecule has 0 unspecified atom stereocenters. The van der Waals surface area contributed by atoms with Crippen molar-refractivity contribution in [2.75, 3.05) is 20.3 Å². The van der Waals surface area contributed by atoms with Crippen LogP contribution in [0.1, 0.15) is 49.8 Å². The van der Waals surface area contributed by atoms with Crippen LogP contribution in [0.25, 0.3) is 0 Å². The highest BCUT2D eigenvalue weighted by Gasteiger charge is 2.59. The third kappa shape index (κ3) is 4.73. The summed E-state index contributed by atoms with van der Waals surface area (Å²) in [7, 11) is -2.25. The number of urea groups is 1. The third-order valence-electron chi connectivity index (χ3n) is 8.44. The van der Waals surface area contributed by atoms with Gasteiger partial charge in [-0.3, -0.25) is 0 Å². The summed E-state index contributed by atoms with van der Waals surface area (Å²) in [6.45, 7) is 6.43. The van der Waals surface area contributed by atoms with Crippen molar-refractivity contribution in [2.24, 2.45) is 11.0 Å². The van der Waals surface area contributed by atoms with Gasteiger partial charge in [0.15, 0.2) is 0 Å². The Morgan fingerprint density at radius 3 is 2.67 bits per heavy atom. The predicted molar refractivity (Wildman–Crippen MR) is 154 cm³/mol. The first-order valence-corrected chi connectivity index (χ1v) is 15.7. The van der Waals surface area contributed by atoms with Crippen LogP contribution in [0.3, 0.4) is 0 Å². The number of nitrogens with zero attached hydrogens (tertiary/aromatic N) is 2. The molecule has 0 bridgehead atoms. The normalized spacial score (nSPS) is 26.4. The lowest BCUT2D eigenvalue weighted by molar-refractivity contribution is 0.0518. The number of sulfonamides is 1. The topological polar surface area (TPSA) is 130 Å². The van der Waals surface area contributed by atoms with Crippen LogP contribution in [-0.4, -0.2) is 62.6 Å². The van der Waals surface area contributed by atoms with Gasteiger partial charge in [0.25, 0.3) is 10.0 Å². The Bertz CT molecular complexity index is 1450. The molecule has 12 heteroatoms. The number of methoxy groups -OCH3 is 1. The molecule has 0 radical (unpaired) electrons. The van der Waals surface area contributed by atoms with E-state index in [2.05, 4.69) is 38.1 Å². The maximum atomic E-state index is 13.1. The molecule has 40 heavy (non-hydrogen) atoms. The monoisotopic (exact) mass is 634 g/mol. The molecular formula is C28H35BrN4O6S. The SMILES string of the molecule is CCNC(=O)N1Cc2cc(OC)c(Br)c3c2[C@@]2(C[C@H]1CO)[C@H](C)C/C(=N\NS(=O)(=O)c1ccc(C)cc1)C[C@H]2O3. The Kier molecular flexibility index (Phi) is 7.79. The Labute approximate surface area is 243 Å². The van der Waals surface area contributed by atoms with Crippen molar-refractivity contribution >= 4 is 37.7 Å². The summed E-state index contributed by atoms with van der Waals surface area (Å²) in [6.07, 6.45) is 1.04. The van der Waals surface area contributed by atoms with Gasteiger partial charge in [-0.1, -0.05) is 24.6 Å². The summed E-state index contributed by atoms with van der Waals surface area (Å²) in [5, 5.41) is 17.7. The largest absolute Gasteiger partial charge is 0.495 e. The Hall–Kier alpha value is -2.83. The minimum absolute atomic E-state index is 0.0302. The first-order chi connectivity index (χ1) is 19.0. The van der Waals surface area contributed by atoms with Crippen LogP contribution >= 0.6 is 15.9 Å². The Balaban J connectivity index is 1.54. The van der Waals surface area contributed by atoms with E-state index in [0.717, 1.165) is 16.7 Å². The van der Waals surface area contributed by atoms with Crippen molar-refractivity contribution in [3.63, 3.8) is 0 Å². The maximum absolute atomic E-state index is 13.1. The number of carbonyl (C=O) groups excluding carboxylic acids is 1. The summed E-state index contributed by atoms with van der Waals surface area (Å²) < 4.78 is 38.8. The van der Waals surface area contributed by atoms with Gasteiger partial charge in [-0.25, -0.2) is 9.63 Å². The molecule has 5 rings (SSSR count). The second kappa shape index (κ2) is 10.9. The van der Waals surface area contributed by atoms with Gasteiger partial charge in [-0.2, -0.15) is 13.5 Å². The molecule has 2 heterocycles.